The van der Waals surface area contributed by atoms with Crippen molar-refractivity contribution in [2.24, 2.45) is 11.8 Å². The summed E-state index contributed by atoms with van der Waals surface area (Å²) in [4.78, 5) is 29.0. The van der Waals surface area contributed by atoms with Gasteiger partial charge in [0.2, 0.25) is 5.91 Å². The van der Waals surface area contributed by atoms with E-state index in [-0.39, 0.29) is 30.2 Å². The zero-order valence-electron chi connectivity index (χ0n) is 12.5. The van der Waals surface area contributed by atoms with Crippen molar-refractivity contribution in [3.8, 4) is 0 Å². The fourth-order valence-corrected chi connectivity index (χ4v) is 2.91. The highest BCUT2D eigenvalue weighted by molar-refractivity contribution is 5.80. The van der Waals surface area contributed by atoms with E-state index in [2.05, 4.69) is 10.1 Å². The molecule has 7 heteroatoms. The number of hydrogen-bond donors (Lipinski definition) is 1. The lowest BCUT2D eigenvalue weighted by Crippen LogP contribution is -2.44. The summed E-state index contributed by atoms with van der Waals surface area (Å²) in [6, 6.07) is -0.374. The van der Waals surface area contributed by atoms with E-state index in [1.807, 2.05) is 11.8 Å². The Bertz CT molecular complexity index is 488. The summed E-state index contributed by atoms with van der Waals surface area (Å²) in [5, 5.41) is 12.9. The Morgan fingerprint density at radius 1 is 1.43 bits per heavy atom. The number of aromatic nitrogens is 3. The molecule has 3 atom stereocenters. The highest BCUT2D eigenvalue weighted by Gasteiger charge is 2.30. The van der Waals surface area contributed by atoms with Gasteiger partial charge in [-0.3, -0.25) is 9.59 Å². The number of hydrogen-bond acceptors (Lipinski definition) is 4. The van der Waals surface area contributed by atoms with Gasteiger partial charge in [0, 0.05) is 19.5 Å². The van der Waals surface area contributed by atoms with Gasteiger partial charge in [-0.1, -0.05) is 6.92 Å². The van der Waals surface area contributed by atoms with Gasteiger partial charge in [0.1, 0.15) is 18.7 Å². The minimum atomic E-state index is -0.776. The smallest absolute Gasteiger partial charge is 0.303 e. The molecule has 0 saturated carbocycles. The van der Waals surface area contributed by atoms with Gasteiger partial charge in [0.15, 0.2) is 0 Å². The number of piperidine rings is 1. The molecule has 1 saturated heterocycles. The van der Waals surface area contributed by atoms with Gasteiger partial charge >= 0.3 is 5.97 Å². The molecular formula is C14H22N4O3. The Morgan fingerprint density at radius 2 is 2.19 bits per heavy atom. The molecule has 21 heavy (non-hydrogen) atoms. The van der Waals surface area contributed by atoms with Crippen molar-refractivity contribution in [2.45, 2.75) is 39.2 Å². The number of carboxylic acid groups (broad SMARTS) is 1. The van der Waals surface area contributed by atoms with Gasteiger partial charge in [-0.2, -0.15) is 5.10 Å². The molecule has 2 rings (SSSR count). The molecule has 116 valence electrons. The Balaban J connectivity index is 1.97. The van der Waals surface area contributed by atoms with E-state index in [1.165, 1.54) is 12.7 Å². The van der Waals surface area contributed by atoms with Crippen LogP contribution in [0.3, 0.4) is 0 Å². The Labute approximate surface area is 124 Å². The molecule has 1 aliphatic rings. The molecule has 7 nitrogen and oxygen atoms in total. The number of likely N-dealkylation sites (tertiary alicyclic amines) is 1. The summed E-state index contributed by atoms with van der Waals surface area (Å²) in [6.07, 6.45) is 5.01. The topological polar surface area (TPSA) is 88.3 Å². The Hall–Kier alpha value is -1.92. The Kier molecular flexibility index (Phi) is 4.93. The molecule has 1 aromatic heterocycles. The van der Waals surface area contributed by atoms with Crippen molar-refractivity contribution in [1.82, 2.24) is 19.7 Å². The van der Waals surface area contributed by atoms with Crippen LogP contribution in [0.1, 0.15) is 39.2 Å². The number of rotatable bonds is 5. The summed E-state index contributed by atoms with van der Waals surface area (Å²) in [5.74, 6) is -0.420. The van der Waals surface area contributed by atoms with Crippen LogP contribution < -0.4 is 0 Å². The fourth-order valence-electron chi connectivity index (χ4n) is 2.91. The summed E-state index contributed by atoms with van der Waals surface area (Å²) >= 11 is 0. The minimum Gasteiger partial charge on any atom is -0.481 e. The van der Waals surface area contributed by atoms with E-state index >= 15 is 0 Å². The number of carboxylic acids is 1. The lowest BCUT2D eigenvalue weighted by Gasteiger charge is -2.36. The number of nitrogens with zero attached hydrogens (tertiary/aromatic N) is 4. The largest absolute Gasteiger partial charge is 0.481 e. The molecule has 1 fully saturated rings. The standard InChI is InChI=1S/C14H22N4O3/c1-10(6-13(19)20)12-4-3-5-17(7-12)14(21)11(2)18-9-15-8-16-18/h8-12H,3-7H2,1-2H3,(H,19,20). The van der Waals surface area contributed by atoms with Crippen LogP contribution in [-0.4, -0.2) is 49.7 Å². The van der Waals surface area contributed by atoms with Crippen molar-refractivity contribution in [3.05, 3.63) is 12.7 Å². The van der Waals surface area contributed by atoms with Crippen LogP contribution >= 0.6 is 0 Å². The molecule has 0 aliphatic carbocycles. The molecule has 1 N–H and O–H groups in total. The van der Waals surface area contributed by atoms with E-state index in [0.29, 0.717) is 6.54 Å². The first-order valence-corrected chi connectivity index (χ1v) is 7.33. The number of amides is 1. The predicted octanol–water partition coefficient (Wildman–Crippen LogP) is 1.19. The second-order valence-corrected chi connectivity index (χ2v) is 5.81. The van der Waals surface area contributed by atoms with Gasteiger partial charge in [-0.15, -0.1) is 0 Å². The molecule has 0 bridgehead atoms. The molecule has 1 aromatic rings. The molecule has 1 aliphatic heterocycles. The van der Waals surface area contributed by atoms with Crippen LogP contribution in [0, 0.1) is 11.8 Å². The first-order chi connectivity index (χ1) is 9.99. The SMILES string of the molecule is CC(CC(=O)O)C1CCCN(C(=O)C(C)n2cncn2)C1. The highest BCUT2D eigenvalue weighted by atomic mass is 16.4. The maximum Gasteiger partial charge on any atom is 0.303 e. The second-order valence-electron chi connectivity index (χ2n) is 5.81. The highest BCUT2D eigenvalue weighted by Crippen LogP contribution is 2.27. The van der Waals surface area contributed by atoms with E-state index < -0.39 is 5.97 Å². The summed E-state index contributed by atoms with van der Waals surface area (Å²) in [5.41, 5.74) is 0. The van der Waals surface area contributed by atoms with Gasteiger partial charge < -0.3 is 10.0 Å². The third-order valence-corrected chi connectivity index (χ3v) is 4.26. The maximum absolute atomic E-state index is 12.5. The molecule has 2 heterocycles. The quantitative estimate of drug-likeness (QED) is 0.881. The van der Waals surface area contributed by atoms with Crippen molar-refractivity contribution in [2.75, 3.05) is 13.1 Å². The van der Waals surface area contributed by atoms with Gasteiger partial charge in [0.05, 0.1) is 0 Å². The maximum atomic E-state index is 12.5. The molecule has 3 unspecified atom stereocenters. The van der Waals surface area contributed by atoms with Crippen LogP contribution in [-0.2, 0) is 9.59 Å². The molecule has 0 aromatic carbocycles. The van der Waals surface area contributed by atoms with Gasteiger partial charge in [-0.25, -0.2) is 9.67 Å². The van der Waals surface area contributed by atoms with Crippen LogP contribution in [0.4, 0.5) is 0 Å². The first kappa shape index (κ1) is 15.5. The predicted molar refractivity (Wildman–Crippen MR) is 75.5 cm³/mol. The van der Waals surface area contributed by atoms with Gasteiger partial charge in [-0.05, 0) is 31.6 Å². The number of carbonyl (C=O) groups excluding carboxylic acids is 1. The summed E-state index contributed by atoms with van der Waals surface area (Å²) in [6.45, 7) is 5.12. The summed E-state index contributed by atoms with van der Waals surface area (Å²) < 4.78 is 1.55. The van der Waals surface area contributed by atoms with Gasteiger partial charge in [0.25, 0.3) is 0 Å². The molecular weight excluding hydrogens is 272 g/mol. The first-order valence-electron chi connectivity index (χ1n) is 7.33. The second kappa shape index (κ2) is 6.69. The molecule has 1 amide bonds. The van der Waals surface area contributed by atoms with Crippen LogP contribution in [0.2, 0.25) is 0 Å². The summed E-state index contributed by atoms with van der Waals surface area (Å²) in [7, 11) is 0. The zero-order chi connectivity index (χ0) is 15.4. The average molecular weight is 294 g/mol. The number of carbonyl (C=O) groups is 2. The lowest BCUT2D eigenvalue weighted by atomic mass is 9.84. The van der Waals surface area contributed by atoms with Crippen molar-refractivity contribution in [3.63, 3.8) is 0 Å². The molecule has 0 spiro atoms. The van der Waals surface area contributed by atoms with Crippen LogP contribution in [0.15, 0.2) is 12.7 Å². The zero-order valence-corrected chi connectivity index (χ0v) is 12.5. The Morgan fingerprint density at radius 3 is 2.81 bits per heavy atom. The van der Waals surface area contributed by atoms with Crippen molar-refractivity contribution in [1.29, 1.82) is 0 Å². The number of aliphatic carboxylic acids is 1. The lowest BCUT2D eigenvalue weighted by molar-refractivity contribution is -0.139. The normalized spacial score (nSPS) is 21.8. The van der Waals surface area contributed by atoms with E-state index in [0.717, 1.165) is 19.4 Å². The minimum absolute atomic E-state index is 0.0210. The molecule has 0 radical (unpaired) electrons. The third-order valence-electron chi connectivity index (χ3n) is 4.26. The third kappa shape index (κ3) is 3.80. The van der Waals surface area contributed by atoms with Crippen molar-refractivity contribution < 1.29 is 14.7 Å². The van der Waals surface area contributed by atoms with Crippen LogP contribution in [0.25, 0.3) is 0 Å². The van der Waals surface area contributed by atoms with E-state index in [4.69, 9.17) is 5.11 Å². The average Bonchev–Trinajstić information content (AvgIpc) is 2.99. The van der Waals surface area contributed by atoms with E-state index in [9.17, 15) is 9.59 Å². The van der Waals surface area contributed by atoms with Crippen LogP contribution in [0.5, 0.6) is 0 Å². The monoisotopic (exact) mass is 294 g/mol. The fraction of sp³-hybridized carbons (Fsp3) is 0.714. The van der Waals surface area contributed by atoms with E-state index in [1.54, 1.807) is 11.6 Å². The van der Waals surface area contributed by atoms with Crippen molar-refractivity contribution >= 4 is 11.9 Å².